The smallest absolute Gasteiger partial charge is 0.174 e. The van der Waals surface area contributed by atoms with E-state index in [1.807, 2.05) is 18.3 Å². The lowest BCUT2D eigenvalue weighted by atomic mass is 9.96. The number of benzene rings is 2. The molecule has 0 amide bonds. The molecule has 0 aliphatic carbocycles. The number of hydrogen-bond acceptors (Lipinski definition) is 2. The molecule has 0 radical (unpaired) electrons. The van der Waals surface area contributed by atoms with E-state index < -0.39 is 0 Å². The van der Waals surface area contributed by atoms with Crippen LogP contribution < -0.4 is 10.2 Å². The van der Waals surface area contributed by atoms with Gasteiger partial charge in [-0.15, -0.1) is 0 Å². The Bertz CT molecular complexity index is 1370. The molecule has 5 heteroatoms. The van der Waals surface area contributed by atoms with Crippen LogP contribution in [0.3, 0.4) is 0 Å². The van der Waals surface area contributed by atoms with E-state index in [9.17, 15) is 0 Å². The van der Waals surface area contributed by atoms with Gasteiger partial charge in [-0.2, -0.15) is 0 Å². The quantitative estimate of drug-likeness (QED) is 0.284. The van der Waals surface area contributed by atoms with Crippen LogP contribution in [0.5, 0.6) is 0 Å². The highest BCUT2D eigenvalue weighted by Gasteiger charge is 2.42. The van der Waals surface area contributed by atoms with Crippen molar-refractivity contribution in [2.24, 2.45) is 0 Å². The summed E-state index contributed by atoms with van der Waals surface area (Å²) in [6.45, 7) is 11.1. The first kappa shape index (κ1) is 24.3. The zero-order chi connectivity index (χ0) is 25.4. The zero-order valence-corrected chi connectivity index (χ0v) is 22.5. The highest BCUT2D eigenvalue weighted by Crippen LogP contribution is 2.44. The van der Waals surface area contributed by atoms with Crippen molar-refractivity contribution >= 4 is 23.0 Å². The lowest BCUT2D eigenvalue weighted by Crippen LogP contribution is -2.29. The molecule has 1 aliphatic rings. The molecule has 3 heterocycles. The maximum Gasteiger partial charge on any atom is 0.174 e. The van der Waals surface area contributed by atoms with Crippen LogP contribution >= 0.6 is 12.2 Å². The largest absolute Gasteiger partial charge is 0.351 e. The highest BCUT2D eigenvalue weighted by atomic mass is 32.1. The van der Waals surface area contributed by atoms with Crippen LogP contribution in [0, 0.1) is 13.8 Å². The fourth-order valence-electron chi connectivity index (χ4n) is 5.45. The number of pyridine rings is 1. The third-order valence-electron chi connectivity index (χ3n) is 7.34. The molecular weight excluding hydrogens is 460 g/mol. The van der Waals surface area contributed by atoms with Crippen molar-refractivity contribution in [1.82, 2.24) is 14.9 Å². The molecule has 5 rings (SSSR count). The Morgan fingerprint density at radius 2 is 1.69 bits per heavy atom. The molecule has 4 nitrogen and oxygen atoms in total. The third kappa shape index (κ3) is 4.22. The Balaban J connectivity index is 1.67. The second-order valence-corrected chi connectivity index (χ2v) is 10.3. The predicted molar refractivity (Wildman–Crippen MR) is 153 cm³/mol. The molecule has 2 atom stereocenters. The third-order valence-corrected chi connectivity index (χ3v) is 7.65. The predicted octanol–water partition coefficient (Wildman–Crippen LogP) is 7.35. The monoisotopic (exact) mass is 494 g/mol. The number of hydrogen-bond donors (Lipinski definition) is 1. The Labute approximate surface area is 220 Å². The highest BCUT2D eigenvalue weighted by molar-refractivity contribution is 7.80. The van der Waals surface area contributed by atoms with Gasteiger partial charge in [-0.05, 0) is 91.5 Å². The summed E-state index contributed by atoms with van der Waals surface area (Å²) >= 11 is 5.96. The lowest BCUT2D eigenvalue weighted by Gasteiger charge is -2.28. The Hall–Kier alpha value is -3.44. The number of para-hydroxylation sites is 1. The molecule has 1 N–H and O–H groups in total. The van der Waals surface area contributed by atoms with E-state index in [1.54, 1.807) is 0 Å². The van der Waals surface area contributed by atoms with Crippen molar-refractivity contribution in [3.8, 4) is 5.69 Å². The van der Waals surface area contributed by atoms with Gasteiger partial charge in [0.1, 0.15) is 0 Å². The Morgan fingerprint density at radius 1 is 0.972 bits per heavy atom. The number of nitrogens with one attached hydrogen (secondary N) is 1. The average molecular weight is 495 g/mol. The molecule has 1 saturated heterocycles. The minimum absolute atomic E-state index is 0.0222. The van der Waals surface area contributed by atoms with Gasteiger partial charge < -0.3 is 14.8 Å². The molecule has 0 bridgehead atoms. The summed E-state index contributed by atoms with van der Waals surface area (Å²) in [5, 5.41) is 4.34. The van der Waals surface area contributed by atoms with Crippen molar-refractivity contribution in [2.45, 2.75) is 59.0 Å². The first-order chi connectivity index (χ1) is 17.4. The second-order valence-electron chi connectivity index (χ2n) is 9.89. The van der Waals surface area contributed by atoms with Crippen LogP contribution in [0.15, 0.2) is 79.0 Å². The van der Waals surface area contributed by atoms with E-state index in [0.29, 0.717) is 5.92 Å². The van der Waals surface area contributed by atoms with Crippen molar-refractivity contribution in [2.75, 3.05) is 4.90 Å². The summed E-state index contributed by atoms with van der Waals surface area (Å²) in [5.41, 5.74) is 9.71. The normalized spacial score (nSPS) is 17.6. The lowest BCUT2D eigenvalue weighted by molar-refractivity contribution is 0.565. The van der Waals surface area contributed by atoms with Crippen LogP contribution in [0.1, 0.15) is 72.5 Å². The molecule has 2 aromatic carbocycles. The number of nitrogens with zero attached hydrogens (tertiary/aromatic N) is 3. The average Bonchev–Trinajstić information content (AvgIpc) is 3.39. The number of anilines is 1. The fourth-order valence-corrected chi connectivity index (χ4v) is 5.80. The minimum Gasteiger partial charge on any atom is -0.351 e. The zero-order valence-electron chi connectivity index (χ0n) is 21.7. The fraction of sp³-hybridized carbons (Fsp3) is 0.290. The van der Waals surface area contributed by atoms with Gasteiger partial charge in [0.25, 0.3) is 0 Å². The molecule has 184 valence electrons. The summed E-state index contributed by atoms with van der Waals surface area (Å²) in [4.78, 5) is 7.00. The molecule has 36 heavy (non-hydrogen) atoms. The Morgan fingerprint density at radius 3 is 2.36 bits per heavy atom. The first-order valence-corrected chi connectivity index (χ1v) is 13.2. The van der Waals surface area contributed by atoms with Gasteiger partial charge in [-0.25, -0.2) is 0 Å². The molecular formula is C31H34N4S. The van der Waals surface area contributed by atoms with Gasteiger partial charge in [0.15, 0.2) is 5.11 Å². The van der Waals surface area contributed by atoms with Gasteiger partial charge in [0.05, 0.1) is 17.8 Å². The van der Waals surface area contributed by atoms with E-state index in [2.05, 4.69) is 110 Å². The van der Waals surface area contributed by atoms with Crippen molar-refractivity contribution in [1.29, 1.82) is 0 Å². The SMILES string of the molecule is CCc1ccccc1-n1c(C)cc(C2C(c3ccccn3)NC(=S)N2c2ccc(C(C)C)cc2)c1C. The molecule has 1 aliphatic heterocycles. The summed E-state index contributed by atoms with van der Waals surface area (Å²) in [7, 11) is 0. The van der Waals surface area contributed by atoms with Gasteiger partial charge in [-0.3, -0.25) is 4.98 Å². The summed E-state index contributed by atoms with van der Waals surface area (Å²) in [6.07, 6.45) is 2.85. The van der Waals surface area contributed by atoms with E-state index in [4.69, 9.17) is 17.2 Å². The van der Waals surface area contributed by atoms with Gasteiger partial charge in [0, 0.05) is 29.0 Å². The topological polar surface area (TPSA) is 33.1 Å². The number of thiocarbonyl (C=S) groups is 1. The maximum absolute atomic E-state index is 5.96. The van der Waals surface area contributed by atoms with Crippen molar-refractivity contribution in [3.63, 3.8) is 0 Å². The van der Waals surface area contributed by atoms with E-state index in [0.717, 1.165) is 22.9 Å². The minimum atomic E-state index is -0.0566. The summed E-state index contributed by atoms with van der Waals surface area (Å²) < 4.78 is 2.39. The standard InChI is InChI=1S/C31H34N4S/c1-6-23-11-7-8-13-28(23)34-21(4)19-26(22(34)5)30-29(27-12-9-10-18-32-27)33-31(36)35(30)25-16-14-24(15-17-25)20(2)3/h7-20,29-30H,6H2,1-5H3,(H,33,36). The molecule has 2 unspecified atom stereocenters. The van der Waals surface area contributed by atoms with Crippen LogP contribution in [-0.2, 0) is 6.42 Å². The van der Waals surface area contributed by atoms with Crippen LogP contribution in [-0.4, -0.2) is 14.7 Å². The second kappa shape index (κ2) is 9.90. The molecule has 4 aromatic rings. The molecule has 1 fully saturated rings. The van der Waals surface area contributed by atoms with Crippen LogP contribution in [0.25, 0.3) is 5.69 Å². The molecule has 0 saturated carbocycles. The molecule has 2 aromatic heterocycles. The van der Waals surface area contributed by atoms with Gasteiger partial charge in [0.2, 0.25) is 0 Å². The van der Waals surface area contributed by atoms with Crippen molar-refractivity contribution < 1.29 is 0 Å². The van der Waals surface area contributed by atoms with Gasteiger partial charge >= 0.3 is 0 Å². The van der Waals surface area contributed by atoms with Crippen LogP contribution in [0.4, 0.5) is 5.69 Å². The number of rotatable bonds is 6. The van der Waals surface area contributed by atoms with E-state index >= 15 is 0 Å². The van der Waals surface area contributed by atoms with Crippen molar-refractivity contribution in [3.05, 3.63) is 113 Å². The molecule has 0 spiro atoms. The first-order valence-electron chi connectivity index (χ1n) is 12.8. The van der Waals surface area contributed by atoms with Crippen LogP contribution in [0.2, 0.25) is 0 Å². The Kier molecular flexibility index (Phi) is 6.67. The van der Waals surface area contributed by atoms with E-state index in [-0.39, 0.29) is 12.1 Å². The summed E-state index contributed by atoms with van der Waals surface area (Å²) in [6, 6.07) is 25.9. The van der Waals surface area contributed by atoms with Gasteiger partial charge in [-0.1, -0.05) is 57.2 Å². The van der Waals surface area contributed by atoms with E-state index in [1.165, 1.54) is 33.8 Å². The summed E-state index contributed by atoms with van der Waals surface area (Å²) in [5.74, 6) is 0.484. The number of aryl methyl sites for hydroxylation is 2. The maximum atomic E-state index is 5.96. The number of aromatic nitrogens is 2.